The molecule has 0 bridgehead atoms. The van der Waals surface area contributed by atoms with Crippen LogP contribution in [0.5, 0.6) is 0 Å². The summed E-state index contributed by atoms with van der Waals surface area (Å²) in [6.45, 7) is 1.67. The Balaban J connectivity index is 2.32. The van der Waals surface area contributed by atoms with Gasteiger partial charge in [-0.05, 0) is 13.1 Å². The van der Waals surface area contributed by atoms with E-state index >= 15 is 0 Å². The molecule has 88 valence electrons. The zero-order chi connectivity index (χ0) is 11.6. The number of halogens is 1. The lowest BCUT2D eigenvalue weighted by molar-refractivity contribution is -0.127. The van der Waals surface area contributed by atoms with Crippen LogP contribution in [-0.4, -0.2) is 26.8 Å². The molecule has 1 aromatic rings. The van der Waals surface area contributed by atoms with Gasteiger partial charge < -0.3 is 15.8 Å². The smallest absolute Gasteiger partial charge is 0.128 e. The minimum absolute atomic E-state index is 0.0903. The lowest BCUT2D eigenvalue weighted by Crippen LogP contribution is -2.55. The summed E-state index contributed by atoms with van der Waals surface area (Å²) in [6.07, 6.45) is 0. The predicted molar refractivity (Wildman–Crippen MR) is 60.5 cm³/mol. The summed E-state index contributed by atoms with van der Waals surface area (Å²) in [5, 5.41) is 3.15. The van der Waals surface area contributed by atoms with Crippen molar-refractivity contribution in [1.82, 2.24) is 5.32 Å². The molecular weight excluding hydrogens is 207 g/mol. The van der Waals surface area contributed by atoms with Crippen LogP contribution >= 0.6 is 0 Å². The zero-order valence-corrected chi connectivity index (χ0v) is 9.37. The van der Waals surface area contributed by atoms with Gasteiger partial charge in [0.2, 0.25) is 0 Å². The number of benzene rings is 1. The molecule has 0 amide bonds. The largest absolute Gasteiger partial charge is 0.380 e. The molecule has 1 aliphatic heterocycles. The number of nitrogens with two attached hydrogens (primary N) is 1. The van der Waals surface area contributed by atoms with E-state index in [4.69, 9.17) is 10.5 Å². The van der Waals surface area contributed by atoms with Gasteiger partial charge in [-0.1, -0.05) is 18.2 Å². The first kappa shape index (κ1) is 11.5. The fourth-order valence-corrected chi connectivity index (χ4v) is 2.27. The van der Waals surface area contributed by atoms with Crippen molar-refractivity contribution in [3.63, 3.8) is 0 Å². The third-order valence-electron chi connectivity index (χ3n) is 3.30. The Bertz CT molecular complexity index is 360. The highest BCUT2D eigenvalue weighted by Crippen LogP contribution is 2.40. The van der Waals surface area contributed by atoms with E-state index in [2.05, 4.69) is 5.32 Å². The Hall–Kier alpha value is -0.970. The van der Waals surface area contributed by atoms with Crippen molar-refractivity contribution >= 4 is 0 Å². The van der Waals surface area contributed by atoms with E-state index in [-0.39, 0.29) is 17.3 Å². The third kappa shape index (κ3) is 1.73. The maximum atomic E-state index is 13.7. The molecule has 16 heavy (non-hydrogen) atoms. The first-order chi connectivity index (χ1) is 7.73. The number of hydrogen-bond donors (Lipinski definition) is 2. The molecule has 3 N–H and O–H groups in total. The highest BCUT2D eigenvalue weighted by molar-refractivity contribution is 5.24. The van der Waals surface area contributed by atoms with Crippen molar-refractivity contribution in [2.45, 2.75) is 6.04 Å². The van der Waals surface area contributed by atoms with Gasteiger partial charge in [-0.3, -0.25) is 0 Å². The summed E-state index contributed by atoms with van der Waals surface area (Å²) in [5.41, 5.74) is 6.29. The highest BCUT2D eigenvalue weighted by Gasteiger charge is 2.45. The average Bonchev–Trinajstić information content (AvgIpc) is 2.25. The lowest BCUT2D eigenvalue weighted by atomic mass is 9.75. The van der Waals surface area contributed by atoms with Gasteiger partial charge in [-0.25, -0.2) is 4.39 Å². The summed E-state index contributed by atoms with van der Waals surface area (Å²) >= 11 is 0. The van der Waals surface area contributed by atoms with Gasteiger partial charge in [-0.15, -0.1) is 0 Å². The molecule has 1 fully saturated rings. The van der Waals surface area contributed by atoms with Crippen LogP contribution in [0.2, 0.25) is 0 Å². The SMILES string of the molecule is CNC(c1ccccc1F)C1(CN)COC1. The molecule has 0 spiro atoms. The van der Waals surface area contributed by atoms with Crippen LogP contribution in [0.1, 0.15) is 11.6 Å². The molecule has 2 rings (SSSR count). The number of hydrogen-bond acceptors (Lipinski definition) is 3. The van der Waals surface area contributed by atoms with E-state index < -0.39 is 0 Å². The second-order valence-electron chi connectivity index (χ2n) is 4.30. The second kappa shape index (κ2) is 4.49. The number of nitrogens with one attached hydrogen (secondary N) is 1. The Labute approximate surface area is 94.8 Å². The molecule has 1 heterocycles. The van der Waals surface area contributed by atoms with Gasteiger partial charge in [0.1, 0.15) is 5.82 Å². The van der Waals surface area contributed by atoms with E-state index in [9.17, 15) is 4.39 Å². The second-order valence-corrected chi connectivity index (χ2v) is 4.30. The fraction of sp³-hybridized carbons (Fsp3) is 0.500. The lowest BCUT2D eigenvalue weighted by Gasteiger charge is -2.46. The summed E-state index contributed by atoms with van der Waals surface area (Å²) in [5.74, 6) is -0.193. The van der Waals surface area contributed by atoms with Crippen LogP contribution in [0.25, 0.3) is 0 Å². The maximum absolute atomic E-state index is 13.7. The Kier molecular flexibility index (Phi) is 3.23. The molecule has 4 heteroatoms. The van der Waals surface area contributed by atoms with E-state index in [0.717, 1.165) is 0 Å². The van der Waals surface area contributed by atoms with Crippen LogP contribution in [-0.2, 0) is 4.74 Å². The van der Waals surface area contributed by atoms with E-state index in [1.165, 1.54) is 6.07 Å². The molecule has 1 aliphatic rings. The summed E-state index contributed by atoms with van der Waals surface area (Å²) < 4.78 is 19.0. The van der Waals surface area contributed by atoms with Crippen LogP contribution in [0.3, 0.4) is 0 Å². The quantitative estimate of drug-likeness (QED) is 0.804. The average molecular weight is 224 g/mol. The van der Waals surface area contributed by atoms with Gasteiger partial charge in [0.25, 0.3) is 0 Å². The van der Waals surface area contributed by atoms with Crippen LogP contribution in [0.4, 0.5) is 4.39 Å². The third-order valence-corrected chi connectivity index (χ3v) is 3.30. The predicted octanol–water partition coefficient (Wildman–Crippen LogP) is 1.06. The van der Waals surface area contributed by atoms with E-state index in [0.29, 0.717) is 25.3 Å². The van der Waals surface area contributed by atoms with Crippen molar-refractivity contribution in [1.29, 1.82) is 0 Å². The first-order valence-corrected chi connectivity index (χ1v) is 5.43. The molecule has 1 atom stereocenters. The molecule has 0 radical (unpaired) electrons. The van der Waals surface area contributed by atoms with Crippen molar-refractivity contribution in [3.8, 4) is 0 Å². The minimum atomic E-state index is -0.193. The topological polar surface area (TPSA) is 47.3 Å². The van der Waals surface area contributed by atoms with Gasteiger partial charge >= 0.3 is 0 Å². The fourth-order valence-electron chi connectivity index (χ4n) is 2.27. The Morgan fingerprint density at radius 3 is 2.62 bits per heavy atom. The van der Waals surface area contributed by atoms with Crippen molar-refractivity contribution in [2.75, 3.05) is 26.8 Å². The van der Waals surface area contributed by atoms with Crippen molar-refractivity contribution in [3.05, 3.63) is 35.6 Å². The normalized spacial score (nSPS) is 20.2. The first-order valence-electron chi connectivity index (χ1n) is 5.43. The molecule has 0 aromatic heterocycles. The number of rotatable bonds is 4. The van der Waals surface area contributed by atoms with Crippen LogP contribution in [0.15, 0.2) is 24.3 Å². The molecule has 3 nitrogen and oxygen atoms in total. The van der Waals surface area contributed by atoms with Crippen LogP contribution < -0.4 is 11.1 Å². The molecule has 0 aliphatic carbocycles. The summed E-state index contributed by atoms with van der Waals surface area (Å²) in [6, 6.07) is 6.72. The minimum Gasteiger partial charge on any atom is -0.380 e. The van der Waals surface area contributed by atoms with Crippen molar-refractivity contribution < 1.29 is 9.13 Å². The molecular formula is C12H17FN2O. The summed E-state index contributed by atoms with van der Waals surface area (Å²) in [7, 11) is 1.83. The monoisotopic (exact) mass is 224 g/mol. The summed E-state index contributed by atoms with van der Waals surface area (Å²) in [4.78, 5) is 0. The van der Waals surface area contributed by atoms with Gasteiger partial charge in [0, 0.05) is 23.6 Å². The standard InChI is InChI=1S/C12H17FN2O/c1-15-11(12(6-14)7-16-8-12)9-4-2-3-5-10(9)13/h2-5,11,15H,6-8,14H2,1H3. The molecule has 1 saturated heterocycles. The van der Waals surface area contributed by atoms with Gasteiger partial charge in [0.15, 0.2) is 0 Å². The molecule has 0 saturated carbocycles. The zero-order valence-electron chi connectivity index (χ0n) is 9.37. The van der Waals surface area contributed by atoms with Gasteiger partial charge in [0.05, 0.1) is 13.2 Å². The van der Waals surface area contributed by atoms with E-state index in [1.54, 1.807) is 12.1 Å². The highest BCUT2D eigenvalue weighted by atomic mass is 19.1. The Morgan fingerprint density at radius 2 is 2.19 bits per heavy atom. The maximum Gasteiger partial charge on any atom is 0.128 e. The van der Waals surface area contributed by atoms with E-state index in [1.807, 2.05) is 13.1 Å². The van der Waals surface area contributed by atoms with Crippen molar-refractivity contribution in [2.24, 2.45) is 11.1 Å². The van der Waals surface area contributed by atoms with Gasteiger partial charge in [-0.2, -0.15) is 0 Å². The molecule has 1 unspecified atom stereocenters. The Morgan fingerprint density at radius 1 is 1.50 bits per heavy atom. The molecule has 1 aromatic carbocycles. The number of ether oxygens (including phenoxy) is 1. The van der Waals surface area contributed by atoms with Crippen LogP contribution in [0, 0.1) is 11.2 Å².